The minimum Gasteiger partial charge on any atom is -0.374 e. The van der Waals surface area contributed by atoms with Crippen LogP contribution in [0.15, 0.2) is 24.3 Å². The summed E-state index contributed by atoms with van der Waals surface area (Å²) in [5, 5.41) is 0. The highest BCUT2D eigenvalue weighted by atomic mass is 19.4. The van der Waals surface area contributed by atoms with Crippen molar-refractivity contribution in [3.05, 3.63) is 35.4 Å². The highest BCUT2D eigenvalue weighted by molar-refractivity contribution is 5.27. The van der Waals surface area contributed by atoms with E-state index in [2.05, 4.69) is 0 Å². The predicted octanol–water partition coefficient (Wildman–Crippen LogP) is 3.95. The van der Waals surface area contributed by atoms with Gasteiger partial charge in [0.1, 0.15) is 0 Å². The molecule has 1 heterocycles. The highest BCUT2D eigenvalue weighted by Gasteiger charge is 2.31. The molecule has 1 atom stereocenters. The average molecular weight is 230 g/mol. The molecule has 0 aliphatic carbocycles. The summed E-state index contributed by atoms with van der Waals surface area (Å²) in [6.45, 7) is 0.640. The van der Waals surface area contributed by atoms with Crippen molar-refractivity contribution in [2.75, 3.05) is 6.61 Å². The molecule has 1 unspecified atom stereocenters. The van der Waals surface area contributed by atoms with E-state index in [9.17, 15) is 13.2 Å². The molecule has 0 amide bonds. The van der Waals surface area contributed by atoms with E-state index in [1.807, 2.05) is 0 Å². The predicted molar refractivity (Wildman–Crippen MR) is 54.0 cm³/mol. The van der Waals surface area contributed by atoms with Gasteiger partial charge >= 0.3 is 6.18 Å². The summed E-state index contributed by atoms with van der Waals surface area (Å²) in [4.78, 5) is 0. The Morgan fingerprint density at radius 2 is 2.00 bits per heavy atom. The maximum absolute atomic E-state index is 12.5. The molecule has 1 aromatic carbocycles. The number of hydrogen-bond donors (Lipinski definition) is 0. The van der Waals surface area contributed by atoms with Crippen LogP contribution in [-0.2, 0) is 10.9 Å². The van der Waals surface area contributed by atoms with E-state index >= 15 is 0 Å². The topological polar surface area (TPSA) is 9.23 Å². The molecule has 0 aromatic heterocycles. The number of benzene rings is 1. The molecule has 1 nitrogen and oxygen atoms in total. The van der Waals surface area contributed by atoms with Gasteiger partial charge in [-0.25, -0.2) is 0 Å². The number of alkyl halides is 3. The zero-order valence-corrected chi connectivity index (χ0v) is 8.76. The molecule has 2 rings (SSSR count). The fourth-order valence-electron chi connectivity index (χ4n) is 1.92. The summed E-state index contributed by atoms with van der Waals surface area (Å²) in [6.07, 6.45) is -1.63. The van der Waals surface area contributed by atoms with E-state index in [0.717, 1.165) is 25.3 Å². The van der Waals surface area contributed by atoms with Crippen LogP contribution in [-0.4, -0.2) is 6.61 Å². The Labute approximate surface area is 92.2 Å². The van der Waals surface area contributed by atoms with E-state index in [1.165, 1.54) is 12.1 Å². The molecule has 1 aliphatic rings. The lowest BCUT2D eigenvalue weighted by Crippen LogP contribution is -2.13. The third kappa shape index (κ3) is 2.55. The lowest BCUT2D eigenvalue weighted by molar-refractivity contribution is -0.137. The van der Waals surface area contributed by atoms with Gasteiger partial charge in [-0.05, 0) is 37.0 Å². The standard InChI is InChI=1S/C12H13F3O/c13-12(14,15)10-5-3-4-9(8-10)11-6-1-2-7-16-11/h3-5,8,11H,1-2,6-7H2. The van der Waals surface area contributed by atoms with Crippen LogP contribution in [0.3, 0.4) is 0 Å². The molecule has 1 fully saturated rings. The first-order valence-corrected chi connectivity index (χ1v) is 5.36. The SMILES string of the molecule is FC(F)(F)c1cccc(C2CCCCO2)c1. The van der Waals surface area contributed by atoms with Gasteiger partial charge in [-0.3, -0.25) is 0 Å². The van der Waals surface area contributed by atoms with Crippen molar-refractivity contribution in [3.63, 3.8) is 0 Å². The van der Waals surface area contributed by atoms with E-state index in [-0.39, 0.29) is 6.10 Å². The van der Waals surface area contributed by atoms with Crippen LogP contribution in [0.25, 0.3) is 0 Å². The molecule has 88 valence electrons. The van der Waals surface area contributed by atoms with Crippen LogP contribution < -0.4 is 0 Å². The van der Waals surface area contributed by atoms with E-state index in [4.69, 9.17) is 4.74 Å². The lowest BCUT2D eigenvalue weighted by atomic mass is 9.99. The maximum Gasteiger partial charge on any atom is 0.416 e. The molecule has 0 bridgehead atoms. The normalized spacial score (nSPS) is 22.1. The van der Waals surface area contributed by atoms with E-state index in [0.29, 0.717) is 12.2 Å². The van der Waals surface area contributed by atoms with Crippen molar-refractivity contribution in [3.8, 4) is 0 Å². The zero-order valence-electron chi connectivity index (χ0n) is 8.76. The number of rotatable bonds is 1. The summed E-state index contributed by atoms with van der Waals surface area (Å²) in [5.74, 6) is 0. The second-order valence-corrected chi connectivity index (χ2v) is 3.98. The third-order valence-corrected chi connectivity index (χ3v) is 2.77. The van der Waals surface area contributed by atoms with Gasteiger partial charge in [-0.15, -0.1) is 0 Å². The minimum atomic E-state index is -4.27. The van der Waals surface area contributed by atoms with Gasteiger partial charge in [0.25, 0.3) is 0 Å². The Kier molecular flexibility index (Phi) is 3.19. The first-order valence-electron chi connectivity index (χ1n) is 5.36. The molecule has 1 aliphatic heterocycles. The van der Waals surface area contributed by atoms with Crippen LogP contribution >= 0.6 is 0 Å². The van der Waals surface area contributed by atoms with Gasteiger partial charge in [0, 0.05) is 6.61 Å². The van der Waals surface area contributed by atoms with Gasteiger partial charge in [-0.1, -0.05) is 12.1 Å². The Balaban J connectivity index is 2.21. The van der Waals surface area contributed by atoms with E-state index < -0.39 is 11.7 Å². The molecule has 0 N–H and O–H groups in total. The van der Waals surface area contributed by atoms with E-state index in [1.54, 1.807) is 6.07 Å². The number of ether oxygens (including phenoxy) is 1. The second-order valence-electron chi connectivity index (χ2n) is 3.98. The number of hydrogen-bond acceptors (Lipinski definition) is 1. The highest BCUT2D eigenvalue weighted by Crippen LogP contribution is 2.33. The van der Waals surface area contributed by atoms with Crippen LogP contribution in [0.1, 0.15) is 36.5 Å². The fourth-order valence-corrected chi connectivity index (χ4v) is 1.92. The summed E-state index contributed by atoms with van der Waals surface area (Å²) in [7, 11) is 0. The molecular formula is C12H13F3O. The minimum absolute atomic E-state index is 0.170. The molecule has 0 saturated carbocycles. The van der Waals surface area contributed by atoms with Gasteiger partial charge in [0.15, 0.2) is 0 Å². The molecule has 16 heavy (non-hydrogen) atoms. The largest absolute Gasteiger partial charge is 0.416 e. The van der Waals surface area contributed by atoms with Crippen molar-refractivity contribution in [2.45, 2.75) is 31.5 Å². The summed E-state index contributed by atoms with van der Waals surface area (Å²) in [6, 6.07) is 5.42. The van der Waals surface area contributed by atoms with Gasteiger partial charge in [0.2, 0.25) is 0 Å². The molecular weight excluding hydrogens is 217 g/mol. The first-order chi connectivity index (χ1) is 7.57. The first kappa shape index (κ1) is 11.5. The zero-order chi connectivity index (χ0) is 11.6. The van der Waals surface area contributed by atoms with Gasteiger partial charge in [-0.2, -0.15) is 13.2 Å². The molecule has 0 radical (unpaired) electrons. The van der Waals surface area contributed by atoms with Crippen LogP contribution in [0.4, 0.5) is 13.2 Å². The Hall–Kier alpha value is -1.03. The van der Waals surface area contributed by atoms with Crippen molar-refractivity contribution >= 4 is 0 Å². The van der Waals surface area contributed by atoms with Crippen molar-refractivity contribution < 1.29 is 17.9 Å². The third-order valence-electron chi connectivity index (χ3n) is 2.77. The Bertz CT molecular complexity index is 354. The van der Waals surface area contributed by atoms with Crippen molar-refractivity contribution in [2.24, 2.45) is 0 Å². The fraction of sp³-hybridized carbons (Fsp3) is 0.500. The summed E-state index contributed by atoms with van der Waals surface area (Å²) < 4.78 is 42.9. The Morgan fingerprint density at radius 1 is 1.19 bits per heavy atom. The monoisotopic (exact) mass is 230 g/mol. The summed E-state index contributed by atoms with van der Waals surface area (Å²) in [5.41, 5.74) is 0.0358. The average Bonchev–Trinajstić information content (AvgIpc) is 2.29. The Morgan fingerprint density at radius 3 is 2.62 bits per heavy atom. The van der Waals surface area contributed by atoms with Gasteiger partial charge in [0.05, 0.1) is 11.7 Å². The van der Waals surface area contributed by atoms with Crippen LogP contribution in [0.2, 0.25) is 0 Å². The molecule has 1 saturated heterocycles. The molecule has 0 spiro atoms. The van der Waals surface area contributed by atoms with Crippen LogP contribution in [0.5, 0.6) is 0 Å². The molecule has 4 heteroatoms. The van der Waals surface area contributed by atoms with Crippen molar-refractivity contribution in [1.82, 2.24) is 0 Å². The second kappa shape index (κ2) is 4.45. The maximum atomic E-state index is 12.5. The lowest BCUT2D eigenvalue weighted by Gasteiger charge is -2.23. The quantitative estimate of drug-likeness (QED) is 0.709. The van der Waals surface area contributed by atoms with Crippen LogP contribution in [0, 0.1) is 0 Å². The smallest absolute Gasteiger partial charge is 0.374 e. The molecule has 1 aromatic rings. The summed E-state index contributed by atoms with van der Waals surface area (Å²) >= 11 is 0. The number of halogens is 3. The van der Waals surface area contributed by atoms with Crippen molar-refractivity contribution in [1.29, 1.82) is 0 Å². The van der Waals surface area contributed by atoms with Gasteiger partial charge < -0.3 is 4.74 Å².